The summed E-state index contributed by atoms with van der Waals surface area (Å²) in [5.74, 6) is 5.25. The van der Waals surface area contributed by atoms with Crippen molar-refractivity contribution in [1.82, 2.24) is 10.3 Å². The van der Waals surface area contributed by atoms with Gasteiger partial charge < -0.3 is 4.74 Å². The summed E-state index contributed by atoms with van der Waals surface area (Å²) in [6.07, 6.45) is -0.188. The van der Waals surface area contributed by atoms with Crippen LogP contribution in [0.3, 0.4) is 0 Å². The standard InChI is InChI=1S/C14H21ClFN3O/c1-9(2)19-5-6-20-13(8-19)14(18-17)11-4-3-10(15)7-12(11)16/h3-4,7,9,13-14,18H,5-6,8,17H2,1-2H3. The number of morpholine rings is 1. The number of nitrogens with one attached hydrogen (secondary N) is 1. The van der Waals surface area contributed by atoms with Crippen LogP contribution >= 0.6 is 11.6 Å². The first-order valence-electron chi connectivity index (χ1n) is 6.79. The molecule has 0 saturated carbocycles. The van der Waals surface area contributed by atoms with Crippen LogP contribution in [0.5, 0.6) is 0 Å². The van der Waals surface area contributed by atoms with Crippen molar-refractivity contribution in [2.75, 3.05) is 19.7 Å². The lowest BCUT2D eigenvalue weighted by atomic mass is 9.99. The molecule has 3 N–H and O–H groups in total. The summed E-state index contributed by atoms with van der Waals surface area (Å²) in [4.78, 5) is 2.30. The smallest absolute Gasteiger partial charge is 0.129 e. The number of ether oxygens (including phenoxy) is 1. The maximum Gasteiger partial charge on any atom is 0.129 e. The molecule has 0 aromatic heterocycles. The number of nitrogens with zero attached hydrogens (tertiary/aromatic N) is 1. The monoisotopic (exact) mass is 301 g/mol. The lowest BCUT2D eigenvalue weighted by molar-refractivity contribution is -0.0566. The molecule has 1 aliphatic heterocycles. The summed E-state index contributed by atoms with van der Waals surface area (Å²) < 4.78 is 19.8. The van der Waals surface area contributed by atoms with Crippen molar-refractivity contribution >= 4 is 11.6 Å². The van der Waals surface area contributed by atoms with Crippen LogP contribution in [-0.2, 0) is 4.74 Å². The van der Waals surface area contributed by atoms with Crippen molar-refractivity contribution in [3.63, 3.8) is 0 Å². The highest BCUT2D eigenvalue weighted by Crippen LogP contribution is 2.26. The Morgan fingerprint density at radius 1 is 1.50 bits per heavy atom. The van der Waals surface area contributed by atoms with Crippen LogP contribution in [0.4, 0.5) is 4.39 Å². The number of rotatable bonds is 4. The fraction of sp³-hybridized carbons (Fsp3) is 0.571. The fourth-order valence-electron chi connectivity index (χ4n) is 2.52. The lowest BCUT2D eigenvalue weighted by Crippen LogP contribution is -2.51. The molecule has 0 aliphatic carbocycles. The van der Waals surface area contributed by atoms with Gasteiger partial charge in [-0.3, -0.25) is 16.2 Å². The summed E-state index contributed by atoms with van der Waals surface area (Å²) in [7, 11) is 0. The Bertz CT molecular complexity index is 458. The first kappa shape index (κ1) is 15.7. The normalized spacial score (nSPS) is 22.2. The van der Waals surface area contributed by atoms with Gasteiger partial charge in [-0.2, -0.15) is 0 Å². The van der Waals surface area contributed by atoms with E-state index in [-0.39, 0.29) is 11.9 Å². The predicted octanol–water partition coefficient (Wildman–Crippen LogP) is 2.09. The van der Waals surface area contributed by atoms with Crippen LogP contribution in [0.2, 0.25) is 5.02 Å². The van der Waals surface area contributed by atoms with Crippen molar-refractivity contribution < 1.29 is 9.13 Å². The minimum Gasteiger partial charge on any atom is -0.374 e. The molecular weight excluding hydrogens is 281 g/mol. The van der Waals surface area contributed by atoms with E-state index in [1.807, 2.05) is 0 Å². The predicted molar refractivity (Wildman–Crippen MR) is 77.9 cm³/mol. The highest BCUT2D eigenvalue weighted by Gasteiger charge is 2.31. The van der Waals surface area contributed by atoms with E-state index in [0.29, 0.717) is 29.8 Å². The van der Waals surface area contributed by atoms with Crippen LogP contribution in [0, 0.1) is 5.82 Å². The lowest BCUT2D eigenvalue weighted by Gasteiger charge is -2.38. The van der Waals surface area contributed by atoms with Crippen LogP contribution in [0.25, 0.3) is 0 Å². The minimum atomic E-state index is -0.395. The molecule has 0 bridgehead atoms. The van der Waals surface area contributed by atoms with Crippen LogP contribution in [0.15, 0.2) is 18.2 Å². The zero-order chi connectivity index (χ0) is 14.7. The molecule has 1 aromatic rings. The molecule has 20 heavy (non-hydrogen) atoms. The molecule has 1 saturated heterocycles. The molecule has 6 heteroatoms. The summed E-state index contributed by atoms with van der Waals surface area (Å²) in [5, 5.41) is 0.371. The maximum atomic E-state index is 14.0. The zero-order valence-corrected chi connectivity index (χ0v) is 12.5. The van der Waals surface area contributed by atoms with Crippen molar-refractivity contribution in [2.45, 2.75) is 32.0 Å². The van der Waals surface area contributed by atoms with Gasteiger partial charge in [0.1, 0.15) is 5.82 Å². The summed E-state index contributed by atoms with van der Waals surface area (Å²) in [6.45, 7) is 6.49. The van der Waals surface area contributed by atoms with Crippen molar-refractivity contribution in [1.29, 1.82) is 0 Å². The Morgan fingerprint density at radius 3 is 2.85 bits per heavy atom. The van der Waals surface area contributed by atoms with Gasteiger partial charge in [-0.05, 0) is 26.0 Å². The van der Waals surface area contributed by atoms with E-state index in [1.54, 1.807) is 12.1 Å². The van der Waals surface area contributed by atoms with Crippen molar-refractivity contribution in [2.24, 2.45) is 5.84 Å². The molecule has 2 rings (SSSR count). The summed E-state index contributed by atoms with van der Waals surface area (Å²) >= 11 is 5.78. The van der Waals surface area contributed by atoms with E-state index in [0.717, 1.165) is 6.54 Å². The number of hydrogen-bond acceptors (Lipinski definition) is 4. The molecule has 0 spiro atoms. The number of halogens is 2. The van der Waals surface area contributed by atoms with Crippen LogP contribution in [-0.4, -0.2) is 36.7 Å². The summed E-state index contributed by atoms with van der Waals surface area (Å²) in [6, 6.07) is 4.64. The van der Waals surface area contributed by atoms with E-state index in [9.17, 15) is 4.39 Å². The van der Waals surface area contributed by atoms with Gasteiger partial charge in [0, 0.05) is 29.7 Å². The van der Waals surface area contributed by atoms with Crippen molar-refractivity contribution in [3.8, 4) is 0 Å². The second-order valence-corrected chi connectivity index (χ2v) is 5.74. The first-order valence-corrected chi connectivity index (χ1v) is 7.17. The number of hydrogen-bond donors (Lipinski definition) is 2. The largest absolute Gasteiger partial charge is 0.374 e. The number of nitrogens with two attached hydrogens (primary N) is 1. The Morgan fingerprint density at radius 2 is 2.25 bits per heavy atom. The zero-order valence-electron chi connectivity index (χ0n) is 11.8. The van der Waals surface area contributed by atoms with Gasteiger partial charge in [-0.25, -0.2) is 4.39 Å². The SMILES string of the molecule is CC(C)N1CCOC(C(NN)c2ccc(Cl)cc2F)C1. The average Bonchev–Trinajstić information content (AvgIpc) is 2.42. The molecule has 1 aliphatic rings. The fourth-order valence-corrected chi connectivity index (χ4v) is 2.68. The molecule has 1 heterocycles. The molecule has 1 fully saturated rings. The van der Waals surface area contributed by atoms with Crippen molar-refractivity contribution in [3.05, 3.63) is 34.6 Å². The van der Waals surface area contributed by atoms with Gasteiger partial charge in [-0.1, -0.05) is 17.7 Å². The van der Waals surface area contributed by atoms with Gasteiger partial charge in [0.2, 0.25) is 0 Å². The topological polar surface area (TPSA) is 50.5 Å². The third kappa shape index (κ3) is 3.48. The molecular formula is C14H21ClFN3O. The molecule has 2 unspecified atom stereocenters. The van der Waals surface area contributed by atoms with Gasteiger partial charge in [0.15, 0.2) is 0 Å². The van der Waals surface area contributed by atoms with E-state index < -0.39 is 6.04 Å². The molecule has 4 nitrogen and oxygen atoms in total. The highest BCUT2D eigenvalue weighted by molar-refractivity contribution is 6.30. The molecule has 0 radical (unpaired) electrons. The van der Waals surface area contributed by atoms with Gasteiger partial charge in [0.25, 0.3) is 0 Å². The Kier molecular flexibility index (Phi) is 5.35. The molecule has 112 valence electrons. The van der Waals surface area contributed by atoms with E-state index in [4.69, 9.17) is 22.2 Å². The highest BCUT2D eigenvalue weighted by atomic mass is 35.5. The third-order valence-corrected chi connectivity index (χ3v) is 3.94. The Balaban J connectivity index is 2.19. The minimum absolute atomic E-state index is 0.188. The molecule has 1 aromatic carbocycles. The van der Waals surface area contributed by atoms with E-state index in [1.165, 1.54) is 6.07 Å². The maximum absolute atomic E-state index is 14.0. The number of hydrazine groups is 1. The van der Waals surface area contributed by atoms with Gasteiger partial charge >= 0.3 is 0 Å². The third-order valence-electron chi connectivity index (χ3n) is 3.70. The average molecular weight is 302 g/mol. The van der Waals surface area contributed by atoms with Crippen LogP contribution in [0.1, 0.15) is 25.5 Å². The molecule has 2 atom stereocenters. The second-order valence-electron chi connectivity index (χ2n) is 5.31. The van der Waals surface area contributed by atoms with E-state index >= 15 is 0 Å². The second kappa shape index (κ2) is 6.83. The van der Waals surface area contributed by atoms with E-state index in [2.05, 4.69) is 24.2 Å². The van der Waals surface area contributed by atoms with Gasteiger partial charge in [0.05, 0.1) is 18.8 Å². The first-order chi connectivity index (χ1) is 9.52. The molecule has 0 amide bonds. The Labute approximate surface area is 124 Å². The Hall–Kier alpha value is -0.720. The number of benzene rings is 1. The summed E-state index contributed by atoms with van der Waals surface area (Å²) in [5.41, 5.74) is 3.15. The van der Waals surface area contributed by atoms with Crippen LogP contribution < -0.4 is 11.3 Å². The quantitative estimate of drug-likeness (QED) is 0.660. The van der Waals surface area contributed by atoms with Gasteiger partial charge in [-0.15, -0.1) is 0 Å².